The second kappa shape index (κ2) is 6.12. The van der Waals surface area contributed by atoms with Crippen molar-refractivity contribution in [3.05, 3.63) is 55.2 Å². The third-order valence-electron chi connectivity index (χ3n) is 2.39. The van der Waals surface area contributed by atoms with Crippen molar-refractivity contribution in [2.75, 3.05) is 4.72 Å². The van der Waals surface area contributed by atoms with Gasteiger partial charge in [-0.05, 0) is 56.8 Å². The fourth-order valence-corrected chi connectivity index (χ4v) is 3.40. The van der Waals surface area contributed by atoms with Crippen molar-refractivity contribution in [1.29, 1.82) is 0 Å². The summed E-state index contributed by atoms with van der Waals surface area (Å²) in [6.07, 6.45) is 0.918. The number of benzene rings is 1. The minimum absolute atomic E-state index is 0.192. The van der Waals surface area contributed by atoms with E-state index < -0.39 is 20.8 Å². The van der Waals surface area contributed by atoms with E-state index in [0.29, 0.717) is 0 Å². The van der Waals surface area contributed by atoms with Gasteiger partial charge in [0.2, 0.25) is 0 Å². The maximum Gasteiger partial charge on any atom is 0.363 e. The summed E-state index contributed by atoms with van der Waals surface area (Å²) in [5.41, 5.74) is 0.218. The van der Waals surface area contributed by atoms with Gasteiger partial charge in [-0.25, -0.2) is 8.42 Å². The molecule has 0 fully saturated rings. The van der Waals surface area contributed by atoms with Crippen molar-refractivity contribution in [3.8, 4) is 0 Å². The van der Waals surface area contributed by atoms with Gasteiger partial charge in [-0.1, -0.05) is 11.6 Å². The quantitative estimate of drug-likeness (QED) is 0.448. The lowest BCUT2D eigenvalue weighted by atomic mass is 10.3. The maximum absolute atomic E-state index is 12.1. The monoisotopic (exact) mass is 439 g/mol. The fraction of sp³-hybridized carbons (Fsp3) is 0. The Bertz CT molecular complexity index is 796. The van der Waals surface area contributed by atoms with Crippen molar-refractivity contribution < 1.29 is 13.3 Å². The van der Waals surface area contributed by atoms with Crippen LogP contribution in [0.15, 0.2) is 41.4 Å². The number of nitro groups is 1. The van der Waals surface area contributed by atoms with Crippen LogP contribution in [0.2, 0.25) is 5.02 Å². The van der Waals surface area contributed by atoms with E-state index in [-0.39, 0.29) is 15.6 Å². The maximum atomic E-state index is 12.1. The molecule has 0 radical (unpaired) electrons. The first kappa shape index (κ1) is 15.9. The van der Waals surface area contributed by atoms with Gasteiger partial charge in [0.25, 0.3) is 10.0 Å². The molecule has 2 aromatic rings. The fourth-order valence-electron chi connectivity index (χ4n) is 1.42. The summed E-state index contributed by atoms with van der Waals surface area (Å²) >= 11 is 8.00. The van der Waals surface area contributed by atoms with Crippen molar-refractivity contribution in [2.45, 2.75) is 4.90 Å². The van der Waals surface area contributed by atoms with Gasteiger partial charge in [0.1, 0.15) is 4.90 Å². The smallest absolute Gasteiger partial charge is 0.358 e. The van der Waals surface area contributed by atoms with Gasteiger partial charge >= 0.3 is 5.82 Å². The van der Waals surface area contributed by atoms with Gasteiger partial charge in [0.15, 0.2) is 6.20 Å². The predicted octanol–water partition coefficient (Wildman–Crippen LogP) is 3.05. The molecule has 0 bridgehead atoms. The molecule has 0 aliphatic rings. The molecule has 0 aliphatic heterocycles. The van der Waals surface area contributed by atoms with Gasteiger partial charge in [-0.2, -0.15) is 0 Å². The Hall–Kier alpha value is -1.46. The van der Waals surface area contributed by atoms with Crippen LogP contribution in [0.5, 0.6) is 0 Å². The number of halogens is 2. The lowest BCUT2D eigenvalue weighted by Crippen LogP contribution is -2.13. The molecule has 0 amide bonds. The molecule has 110 valence electrons. The van der Waals surface area contributed by atoms with E-state index in [1.54, 1.807) is 12.1 Å². The molecular weight excluding hydrogens is 433 g/mol. The molecule has 0 atom stereocenters. The van der Waals surface area contributed by atoms with Gasteiger partial charge < -0.3 is 10.1 Å². The van der Waals surface area contributed by atoms with Crippen molar-refractivity contribution in [2.24, 2.45) is 0 Å². The van der Waals surface area contributed by atoms with Crippen LogP contribution in [0, 0.1) is 13.7 Å². The number of hydrogen-bond donors (Lipinski definition) is 1. The largest absolute Gasteiger partial charge is 0.363 e. The number of anilines is 1. The number of nitrogens with one attached hydrogen (secondary N) is 1. The van der Waals surface area contributed by atoms with Crippen LogP contribution in [-0.4, -0.2) is 18.3 Å². The highest BCUT2D eigenvalue weighted by atomic mass is 127. The van der Waals surface area contributed by atoms with Crippen molar-refractivity contribution >= 4 is 55.7 Å². The lowest BCUT2D eigenvalue weighted by molar-refractivity contribution is -0.389. The number of rotatable bonds is 4. The highest BCUT2D eigenvalue weighted by Crippen LogP contribution is 2.26. The van der Waals surface area contributed by atoms with Gasteiger partial charge in [0, 0.05) is 9.64 Å². The van der Waals surface area contributed by atoms with Gasteiger partial charge in [-0.15, -0.1) is 0 Å². The van der Waals surface area contributed by atoms with E-state index in [0.717, 1.165) is 21.9 Å². The summed E-state index contributed by atoms with van der Waals surface area (Å²) in [4.78, 5) is 13.1. The Morgan fingerprint density at radius 2 is 2.00 bits per heavy atom. The molecule has 0 saturated heterocycles. The van der Waals surface area contributed by atoms with Crippen LogP contribution < -0.4 is 4.72 Å². The third kappa shape index (κ3) is 3.80. The highest BCUT2D eigenvalue weighted by molar-refractivity contribution is 14.1. The average molecular weight is 440 g/mol. The topological polar surface area (TPSA) is 102 Å². The Morgan fingerprint density at radius 1 is 1.29 bits per heavy atom. The zero-order chi connectivity index (χ0) is 15.6. The predicted molar refractivity (Wildman–Crippen MR) is 85.9 cm³/mol. The van der Waals surface area contributed by atoms with E-state index in [1.165, 1.54) is 6.07 Å². The molecule has 2 rings (SSSR count). The molecule has 0 spiro atoms. The van der Waals surface area contributed by atoms with E-state index in [4.69, 9.17) is 11.6 Å². The molecule has 0 unspecified atom stereocenters. The zero-order valence-electron chi connectivity index (χ0n) is 10.2. The summed E-state index contributed by atoms with van der Waals surface area (Å²) in [7, 11) is -3.91. The van der Waals surface area contributed by atoms with Gasteiger partial charge in [-0.3, -0.25) is 4.72 Å². The molecule has 7 nitrogen and oxygen atoms in total. The SMILES string of the molecule is O=[N+]([O-])c1ccc(S(=O)(=O)Nc2ccc(I)cc2Cl)cn1. The summed E-state index contributed by atoms with van der Waals surface area (Å²) < 4.78 is 27.4. The lowest BCUT2D eigenvalue weighted by Gasteiger charge is -2.08. The molecular formula is C11H7ClIN3O4S. The zero-order valence-corrected chi connectivity index (χ0v) is 13.9. The molecule has 0 saturated carbocycles. The first-order valence-electron chi connectivity index (χ1n) is 5.38. The van der Waals surface area contributed by atoms with E-state index in [1.807, 2.05) is 22.6 Å². The van der Waals surface area contributed by atoms with Crippen LogP contribution in [0.1, 0.15) is 0 Å². The normalized spacial score (nSPS) is 11.1. The van der Waals surface area contributed by atoms with Gasteiger partial charge in [0.05, 0.1) is 10.7 Å². The van der Waals surface area contributed by atoms with Crippen LogP contribution in [0.3, 0.4) is 0 Å². The molecule has 1 heterocycles. The molecule has 10 heteroatoms. The highest BCUT2D eigenvalue weighted by Gasteiger charge is 2.19. The summed E-state index contributed by atoms with van der Waals surface area (Å²) in [5, 5.41) is 10.7. The Labute approximate surface area is 138 Å². The third-order valence-corrected chi connectivity index (χ3v) is 4.73. The minimum atomic E-state index is -3.91. The molecule has 21 heavy (non-hydrogen) atoms. The second-order valence-corrected chi connectivity index (χ2v) is 7.17. The van der Waals surface area contributed by atoms with Crippen LogP contribution in [-0.2, 0) is 10.0 Å². The summed E-state index contributed by atoms with van der Waals surface area (Å²) in [6, 6.07) is 6.95. The van der Waals surface area contributed by atoms with Crippen molar-refractivity contribution in [3.63, 3.8) is 0 Å². The number of aromatic nitrogens is 1. The molecule has 1 N–H and O–H groups in total. The van der Waals surface area contributed by atoms with E-state index >= 15 is 0 Å². The number of hydrogen-bond acceptors (Lipinski definition) is 5. The number of nitrogens with zero attached hydrogens (tertiary/aromatic N) is 2. The van der Waals surface area contributed by atoms with Crippen molar-refractivity contribution in [1.82, 2.24) is 4.98 Å². The van der Waals surface area contributed by atoms with Crippen LogP contribution in [0.25, 0.3) is 0 Å². The van der Waals surface area contributed by atoms with Crippen LogP contribution in [0.4, 0.5) is 11.5 Å². The van der Waals surface area contributed by atoms with E-state index in [9.17, 15) is 18.5 Å². The molecule has 0 aliphatic carbocycles. The number of pyridine rings is 1. The standard InChI is InChI=1S/C11H7ClIN3O4S/c12-9-5-7(13)1-3-10(9)15-21(19,20)8-2-4-11(14-6-8)16(17)18/h1-6,15H. The first-order valence-corrected chi connectivity index (χ1v) is 8.32. The Kier molecular flexibility index (Phi) is 4.64. The summed E-state index contributed by atoms with van der Waals surface area (Å²) in [5.74, 6) is -0.429. The molecule has 1 aromatic carbocycles. The van der Waals surface area contributed by atoms with Crippen LogP contribution >= 0.6 is 34.2 Å². The first-order chi connectivity index (χ1) is 9.79. The Morgan fingerprint density at radius 3 is 2.52 bits per heavy atom. The summed E-state index contributed by atoms with van der Waals surface area (Å²) in [6.45, 7) is 0. The Balaban J connectivity index is 2.31. The second-order valence-electron chi connectivity index (χ2n) is 3.84. The molecule has 1 aromatic heterocycles. The number of sulfonamides is 1. The van der Waals surface area contributed by atoms with E-state index in [2.05, 4.69) is 9.71 Å². The minimum Gasteiger partial charge on any atom is -0.358 e. The average Bonchev–Trinajstić information content (AvgIpc) is 2.42.